The SMILES string of the molecule is CNC1C(=O)N(c2cocn2)CCC2=C1SCO2. The van der Waals surface area contributed by atoms with Crippen molar-refractivity contribution in [1.29, 1.82) is 0 Å². The number of nitrogens with one attached hydrogen (secondary N) is 1. The van der Waals surface area contributed by atoms with E-state index in [-0.39, 0.29) is 11.9 Å². The van der Waals surface area contributed by atoms with Crippen molar-refractivity contribution >= 4 is 23.5 Å². The van der Waals surface area contributed by atoms with Gasteiger partial charge in [-0.1, -0.05) is 11.8 Å². The number of rotatable bonds is 2. The second-order valence-electron chi connectivity index (χ2n) is 4.00. The monoisotopic (exact) mass is 267 g/mol. The molecule has 3 heterocycles. The minimum Gasteiger partial charge on any atom is -0.486 e. The van der Waals surface area contributed by atoms with Gasteiger partial charge in [0, 0.05) is 13.0 Å². The first-order valence-corrected chi connectivity index (χ1v) is 6.65. The Morgan fingerprint density at radius 3 is 3.22 bits per heavy atom. The van der Waals surface area contributed by atoms with Gasteiger partial charge in [0.05, 0.1) is 4.91 Å². The molecule has 0 spiro atoms. The standard InChI is InChI=1S/C11H13N3O3S/c1-12-9-10-7(17-6-18-10)2-3-14(11(9)15)8-4-16-5-13-8/h4-5,9,12H,2-3,6H2,1H3. The van der Waals surface area contributed by atoms with Gasteiger partial charge in [0.15, 0.2) is 12.2 Å². The Labute approximate surface area is 108 Å². The highest BCUT2D eigenvalue weighted by atomic mass is 32.2. The van der Waals surface area contributed by atoms with Crippen molar-refractivity contribution in [3.8, 4) is 0 Å². The van der Waals surface area contributed by atoms with Crippen LogP contribution in [0.2, 0.25) is 0 Å². The van der Waals surface area contributed by atoms with Gasteiger partial charge >= 0.3 is 0 Å². The Kier molecular flexibility index (Phi) is 3.00. The number of anilines is 1. The number of hydrogen-bond donors (Lipinski definition) is 1. The number of nitrogens with zero attached hydrogens (tertiary/aromatic N) is 2. The molecule has 1 aromatic rings. The molecular weight excluding hydrogens is 254 g/mol. The lowest BCUT2D eigenvalue weighted by Crippen LogP contribution is -2.45. The summed E-state index contributed by atoms with van der Waals surface area (Å²) >= 11 is 1.58. The Morgan fingerprint density at radius 2 is 2.50 bits per heavy atom. The predicted octanol–water partition coefficient (Wildman–Crippen LogP) is 0.932. The third-order valence-corrected chi connectivity index (χ3v) is 4.05. The summed E-state index contributed by atoms with van der Waals surface area (Å²) in [6.07, 6.45) is 3.52. The Morgan fingerprint density at radius 1 is 1.61 bits per heavy atom. The van der Waals surface area contributed by atoms with Gasteiger partial charge in [-0.2, -0.15) is 4.98 Å². The highest BCUT2D eigenvalue weighted by molar-refractivity contribution is 8.03. The van der Waals surface area contributed by atoms with Crippen LogP contribution in [0.4, 0.5) is 5.82 Å². The van der Waals surface area contributed by atoms with Crippen molar-refractivity contribution in [2.24, 2.45) is 0 Å². The molecule has 1 N–H and O–H groups in total. The number of carbonyl (C=O) groups excluding carboxylic acids is 1. The van der Waals surface area contributed by atoms with Crippen LogP contribution in [-0.4, -0.2) is 36.5 Å². The fraction of sp³-hybridized carbons (Fsp3) is 0.455. The molecule has 18 heavy (non-hydrogen) atoms. The van der Waals surface area contributed by atoms with Gasteiger partial charge < -0.3 is 14.5 Å². The molecule has 1 aromatic heterocycles. The number of likely N-dealkylation sites (N-methyl/N-ethyl adjacent to an activating group) is 1. The highest BCUT2D eigenvalue weighted by Crippen LogP contribution is 2.36. The minimum atomic E-state index is -0.355. The summed E-state index contributed by atoms with van der Waals surface area (Å²) < 4.78 is 10.5. The first-order chi connectivity index (χ1) is 8.81. The van der Waals surface area contributed by atoms with Gasteiger partial charge in [-0.15, -0.1) is 0 Å². The fourth-order valence-corrected chi connectivity index (χ4v) is 3.20. The van der Waals surface area contributed by atoms with E-state index in [4.69, 9.17) is 9.15 Å². The van der Waals surface area contributed by atoms with Crippen LogP contribution in [0, 0.1) is 0 Å². The van der Waals surface area contributed by atoms with Crippen LogP contribution in [0.15, 0.2) is 27.7 Å². The summed E-state index contributed by atoms with van der Waals surface area (Å²) in [6, 6.07) is -0.355. The maximum atomic E-state index is 12.5. The second kappa shape index (κ2) is 4.66. The highest BCUT2D eigenvalue weighted by Gasteiger charge is 2.36. The summed E-state index contributed by atoms with van der Waals surface area (Å²) in [7, 11) is 1.78. The lowest BCUT2D eigenvalue weighted by atomic mass is 10.2. The number of carbonyl (C=O) groups is 1. The predicted molar refractivity (Wildman–Crippen MR) is 66.9 cm³/mol. The van der Waals surface area contributed by atoms with Crippen molar-refractivity contribution in [3.63, 3.8) is 0 Å². The van der Waals surface area contributed by atoms with Gasteiger partial charge in [0.1, 0.15) is 24.0 Å². The van der Waals surface area contributed by atoms with Gasteiger partial charge in [-0.3, -0.25) is 9.69 Å². The zero-order valence-electron chi connectivity index (χ0n) is 9.88. The third-order valence-electron chi connectivity index (χ3n) is 3.04. The van der Waals surface area contributed by atoms with E-state index in [1.54, 1.807) is 23.7 Å². The van der Waals surface area contributed by atoms with E-state index in [2.05, 4.69) is 10.3 Å². The molecule has 0 saturated carbocycles. The second-order valence-corrected chi connectivity index (χ2v) is 4.97. The number of amides is 1. The van der Waals surface area contributed by atoms with Crippen LogP contribution in [-0.2, 0) is 9.53 Å². The molecule has 1 atom stereocenters. The minimum absolute atomic E-state index is 0.0191. The van der Waals surface area contributed by atoms with Crippen molar-refractivity contribution in [2.75, 3.05) is 24.4 Å². The maximum Gasteiger partial charge on any atom is 0.250 e. The van der Waals surface area contributed by atoms with E-state index < -0.39 is 0 Å². The van der Waals surface area contributed by atoms with Crippen molar-refractivity contribution in [3.05, 3.63) is 23.3 Å². The quantitative estimate of drug-likeness (QED) is 0.860. The number of oxazole rings is 1. The van der Waals surface area contributed by atoms with Gasteiger partial charge in [0.25, 0.3) is 5.91 Å². The Hall–Kier alpha value is -1.47. The largest absolute Gasteiger partial charge is 0.486 e. The van der Waals surface area contributed by atoms with Crippen molar-refractivity contribution in [2.45, 2.75) is 12.5 Å². The van der Waals surface area contributed by atoms with E-state index in [0.717, 1.165) is 10.7 Å². The summed E-state index contributed by atoms with van der Waals surface area (Å²) in [5.74, 6) is 2.04. The van der Waals surface area contributed by atoms with Crippen LogP contribution in [0.25, 0.3) is 0 Å². The summed E-state index contributed by atoms with van der Waals surface area (Å²) in [5, 5.41) is 3.05. The molecule has 1 unspecified atom stereocenters. The number of ether oxygens (including phenoxy) is 1. The van der Waals surface area contributed by atoms with Crippen LogP contribution in [0.3, 0.4) is 0 Å². The number of aromatic nitrogens is 1. The fourth-order valence-electron chi connectivity index (χ4n) is 2.17. The van der Waals surface area contributed by atoms with Crippen molar-refractivity contribution < 1.29 is 13.9 Å². The molecule has 1 amide bonds. The number of hydrogen-bond acceptors (Lipinski definition) is 6. The Bertz CT molecular complexity index is 486. The van der Waals surface area contributed by atoms with Crippen molar-refractivity contribution in [1.82, 2.24) is 10.3 Å². The summed E-state index contributed by atoms with van der Waals surface area (Å²) in [5.41, 5.74) is 0. The average molecular weight is 267 g/mol. The molecule has 2 aliphatic heterocycles. The topological polar surface area (TPSA) is 67.6 Å². The molecule has 0 bridgehead atoms. The van der Waals surface area contributed by atoms with E-state index in [0.29, 0.717) is 24.7 Å². The first-order valence-electron chi connectivity index (χ1n) is 5.66. The Balaban J connectivity index is 1.93. The lowest BCUT2D eigenvalue weighted by molar-refractivity contribution is -0.119. The zero-order chi connectivity index (χ0) is 12.5. The van der Waals surface area contributed by atoms with Gasteiger partial charge in [0.2, 0.25) is 0 Å². The molecule has 2 aliphatic rings. The lowest BCUT2D eigenvalue weighted by Gasteiger charge is -2.22. The molecule has 7 heteroatoms. The zero-order valence-corrected chi connectivity index (χ0v) is 10.7. The van der Waals surface area contributed by atoms with Crippen LogP contribution >= 0.6 is 11.8 Å². The molecule has 0 saturated heterocycles. The molecule has 96 valence electrons. The third kappa shape index (κ3) is 1.79. The smallest absolute Gasteiger partial charge is 0.250 e. The van der Waals surface area contributed by atoms with E-state index in [1.807, 2.05) is 0 Å². The normalized spacial score (nSPS) is 23.9. The van der Waals surface area contributed by atoms with E-state index in [1.165, 1.54) is 12.7 Å². The van der Waals surface area contributed by atoms with Crippen LogP contribution in [0.5, 0.6) is 0 Å². The number of thioether (sulfide) groups is 1. The van der Waals surface area contributed by atoms with Gasteiger partial charge in [-0.05, 0) is 7.05 Å². The van der Waals surface area contributed by atoms with E-state index >= 15 is 0 Å². The molecule has 0 aromatic carbocycles. The molecule has 0 radical (unpaired) electrons. The first kappa shape index (κ1) is 11.6. The molecular formula is C11H13N3O3S. The maximum absolute atomic E-state index is 12.5. The molecule has 0 fully saturated rings. The summed E-state index contributed by atoms with van der Waals surface area (Å²) in [6.45, 7) is 0.558. The molecule has 6 nitrogen and oxygen atoms in total. The van der Waals surface area contributed by atoms with E-state index in [9.17, 15) is 4.79 Å². The molecule has 0 aliphatic carbocycles. The molecule has 3 rings (SSSR count). The average Bonchev–Trinajstić information content (AvgIpc) is 3.01. The summed E-state index contributed by atoms with van der Waals surface area (Å²) in [4.78, 5) is 19.2. The van der Waals surface area contributed by atoms with Crippen LogP contribution < -0.4 is 10.2 Å². The van der Waals surface area contributed by atoms with Crippen LogP contribution in [0.1, 0.15) is 6.42 Å². The van der Waals surface area contributed by atoms with Gasteiger partial charge in [-0.25, -0.2) is 0 Å².